The molecule has 1 heterocycles. The van der Waals surface area contributed by atoms with Gasteiger partial charge in [-0.15, -0.1) is 0 Å². The molecule has 2 rings (SSSR count). The van der Waals surface area contributed by atoms with E-state index >= 15 is 0 Å². The predicted octanol–water partition coefficient (Wildman–Crippen LogP) is 3.25. The van der Waals surface area contributed by atoms with Gasteiger partial charge in [-0.05, 0) is 41.9 Å². The number of para-hydroxylation sites is 1. The van der Waals surface area contributed by atoms with Crippen LogP contribution in [0, 0.1) is 0 Å². The van der Waals surface area contributed by atoms with Crippen molar-refractivity contribution >= 4 is 36.7 Å². The molecule has 0 amide bonds. The lowest BCUT2D eigenvalue weighted by molar-refractivity contribution is 0.586. The van der Waals surface area contributed by atoms with Gasteiger partial charge in [0.1, 0.15) is 0 Å². The summed E-state index contributed by atoms with van der Waals surface area (Å²) in [5.41, 5.74) is 1.68. The minimum atomic E-state index is -3.06. The first kappa shape index (κ1) is 12.6. The Labute approximate surface area is 109 Å². The Kier molecular flexibility index (Phi) is 3.32. The van der Waals surface area contributed by atoms with Crippen LogP contribution in [0.2, 0.25) is 0 Å². The normalized spacial score (nSPS) is 12.5. The van der Waals surface area contributed by atoms with Crippen LogP contribution in [0.15, 0.2) is 28.7 Å². The van der Waals surface area contributed by atoms with Crippen LogP contribution in [-0.4, -0.2) is 18.7 Å². The Morgan fingerprint density at radius 3 is 2.65 bits per heavy atom. The molecule has 0 bridgehead atoms. The Morgan fingerprint density at radius 1 is 1.35 bits per heavy atom. The lowest BCUT2D eigenvalue weighted by Crippen LogP contribution is -2.16. The highest BCUT2D eigenvalue weighted by Crippen LogP contribution is 2.25. The van der Waals surface area contributed by atoms with Crippen molar-refractivity contribution in [2.75, 3.05) is 0 Å². The fourth-order valence-electron chi connectivity index (χ4n) is 1.64. The second-order valence-corrected chi connectivity index (χ2v) is 7.77. The highest BCUT2D eigenvalue weighted by atomic mass is 79.9. The molecule has 5 heteroatoms. The van der Waals surface area contributed by atoms with E-state index in [1.807, 2.05) is 24.3 Å². The molecule has 0 saturated heterocycles. The van der Waals surface area contributed by atoms with E-state index in [4.69, 9.17) is 0 Å². The van der Waals surface area contributed by atoms with Crippen molar-refractivity contribution in [2.45, 2.75) is 24.9 Å². The Bertz CT molecular complexity index is 644. The van der Waals surface area contributed by atoms with Gasteiger partial charge in [0.2, 0.25) is 0 Å². The summed E-state index contributed by atoms with van der Waals surface area (Å²) >= 11 is 3.44. The van der Waals surface area contributed by atoms with E-state index < -0.39 is 9.84 Å². The molecule has 0 spiro atoms. The maximum absolute atomic E-state index is 11.8. The smallest absolute Gasteiger partial charge is 0.158 e. The maximum Gasteiger partial charge on any atom is 0.158 e. The zero-order chi connectivity index (χ0) is 12.6. The lowest BCUT2D eigenvalue weighted by atomic mass is 10.2. The zero-order valence-electron chi connectivity index (χ0n) is 9.70. The summed E-state index contributed by atoms with van der Waals surface area (Å²) in [4.78, 5) is 3.15. The van der Waals surface area contributed by atoms with Gasteiger partial charge in [0.15, 0.2) is 9.84 Å². The van der Waals surface area contributed by atoms with Gasteiger partial charge in [-0.25, -0.2) is 8.42 Å². The van der Waals surface area contributed by atoms with Gasteiger partial charge >= 0.3 is 0 Å². The first-order valence-corrected chi connectivity index (χ1v) is 7.88. The number of sulfone groups is 1. The molecule has 0 aliphatic carbocycles. The van der Waals surface area contributed by atoms with Crippen LogP contribution in [0.3, 0.4) is 0 Å². The molecule has 1 N–H and O–H groups in total. The minimum absolute atomic E-state index is 0.0613. The summed E-state index contributed by atoms with van der Waals surface area (Å²) in [5, 5.41) is 0.672. The third-order valence-electron chi connectivity index (χ3n) is 2.74. The van der Waals surface area contributed by atoms with Crippen LogP contribution in [0.1, 0.15) is 19.5 Å². The van der Waals surface area contributed by atoms with Gasteiger partial charge in [-0.2, -0.15) is 0 Å². The summed E-state index contributed by atoms with van der Waals surface area (Å²) in [6.07, 6.45) is 0. The van der Waals surface area contributed by atoms with Crippen LogP contribution >= 0.6 is 15.9 Å². The van der Waals surface area contributed by atoms with E-state index in [0.29, 0.717) is 0 Å². The number of aromatic nitrogens is 1. The second-order valence-electron chi connectivity index (χ2n) is 4.35. The molecule has 17 heavy (non-hydrogen) atoms. The van der Waals surface area contributed by atoms with E-state index in [0.717, 1.165) is 21.1 Å². The van der Waals surface area contributed by atoms with Gasteiger partial charge in [-0.1, -0.05) is 12.1 Å². The van der Waals surface area contributed by atoms with E-state index in [9.17, 15) is 8.42 Å². The van der Waals surface area contributed by atoms with Crippen LogP contribution in [-0.2, 0) is 15.6 Å². The molecular weight excluding hydrogens is 302 g/mol. The average Bonchev–Trinajstić information content (AvgIpc) is 2.60. The molecule has 0 aliphatic rings. The van der Waals surface area contributed by atoms with Crippen LogP contribution in [0.5, 0.6) is 0 Å². The summed E-state index contributed by atoms with van der Waals surface area (Å²) in [5.74, 6) is 0.0613. The Morgan fingerprint density at radius 2 is 2.06 bits per heavy atom. The number of halogens is 1. The quantitative estimate of drug-likeness (QED) is 0.945. The van der Waals surface area contributed by atoms with Gasteiger partial charge in [0.25, 0.3) is 0 Å². The van der Waals surface area contributed by atoms with Crippen LogP contribution in [0.4, 0.5) is 0 Å². The number of nitrogens with one attached hydrogen (secondary N) is 1. The number of hydrogen-bond donors (Lipinski definition) is 1. The molecule has 0 radical (unpaired) electrons. The van der Waals surface area contributed by atoms with E-state index in [1.165, 1.54) is 0 Å². The molecule has 3 nitrogen and oxygen atoms in total. The molecule has 0 unspecified atom stereocenters. The first-order chi connectivity index (χ1) is 7.90. The zero-order valence-corrected chi connectivity index (χ0v) is 12.1. The Hall–Kier alpha value is -0.810. The highest BCUT2D eigenvalue weighted by molar-refractivity contribution is 9.10. The van der Waals surface area contributed by atoms with Gasteiger partial charge in [0.05, 0.1) is 16.5 Å². The molecule has 1 aromatic carbocycles. The van der Waals surface area contributed by atoms with Crippen LogP contribution < -0.4 is 0 Å². The van der Waals surface area contributed by atoms with Gasteiger partial charge < -0.3 is 4.98 Å². The molecule has 0 aliphatic heterocycles. The van der Waals surface area contributed by atoms with Crippen molar-refractivity contribution in [3.8, 4) is 0 Å². The third-order valence-corrected chi connectivity index (χ3v) is 5.55. The van der Waals surface area contributed by atoms with Crippen molar-refractivity contribution < 1.29 is 8.42 Å². The number of aromatic amines is 1. The van der Waals surface area contributed by atoms with Crippen molar-refractivity contribution in [2.24, 2.45) is 0 Å². The van der Waals surface area contributed by atoms with E-state index in [2.05, 4.69) is 20.9 Å². The van der Waals surface area contributed by atoms with Gasteiger partial charge in [0, 0.05) is 15.6 Å². The summed E-state index contributed by atoms with van der Waals surface area (Å²) in [6, 6.07) is 7.71. The first-order valence-electron chi connectivity index (χ1n) is 5.38. The fraction of sp³-hybridized carbons (Fsp3) is 0.333. The van der Waals surface area contributed by atoms with Gasteiger partial charge in [-0.3, -0.25) is 0 Å². The molecule has 2 aromatic rings. The third kappa shape index (κ3) is 2.55. The number of hydrogen-bond acceptors (Lipinski definition) is 2. The summed E-state index contributed by atoms with van der Waals surface area (Å²) < 4.78 is 24.6. The number of benzene rings is 1. The molecule has 92 valence electrons. The van der Waals surface area contributed by atoms with Crippen LogP contribution in [0.25, 0.3) is 10.9 Å². The standard InChI is InChI=1S/C12H14BrNO2S/c1-8(2)17(15,16)7-10-6-9-4-3-5-11(13)12(9)14-10/h3-6,8,14H,7H2,1-2H3. The average molecular weight is 316 g/mol. The number of fused-ring (bicyclic) bond motifs is 1. The maximum atomic E-state index is 11.8. The van der Waals surface area contributed by atoms with Crippen molar-refractivity contribution in [3.05, 3.63) is 34.4 Å². The minimum Gasteiger partial charge on any atom is -0.357 e. The second kappa shape index (κ2) is 4.46. The summed E-state index contributed by atoms with van der Waals surface area (Å²) in [6.45, 7) is 3.40. The molecule has 0 atom stereocenters. The SMILES string of the molecule is CC(C)S(=O)(=O)Cc1cc2cccc(Br)c2[nH]1. The predicted molar refractivity (Wildman–Crippen MR) is 73.8 cm³/mol. The molecular formula is C12H14BrNO2S. The van der Waals surface area contributed by atoms with Crippen molar-refractivity contribution in [1.82, 2.24) is 4.98 Å². The van der Waals surface area contributed by atoms with E-state index in [-0.39, 0.29) is 11.0 Å². The Balaban J connectivity index is 2.42. The molecule has 1 aromatic heterocycles. The lowest BCUT2D eigenvalue weighted by Gasteiger charge is -2.05. The monoisotopic (exact) mass is 315 g/mol. The largest absolute Gasteiger partial charge is 0.357 e. The topological polar surface area (TPSA) is 49.9 Å². The number of rotatable bonds is 3. The molecule has 0 fully saturated rings. The van der Waals surface area contributed by atoms with Crippen molar-refractivity contribution in [3.63, 3.8) is 0 Å². The highest BCUT2D eigenvalue weighted by Gasteiger charge is 2.18. The fourth-order valence-corrected chi connectivity index (χ4v) is 3.04. The number of H-pyrrole nitrogens is 1. The molecule has 0 saturated carbocycles. The van der Waals surface area contributed by atoms with E-state index in [1.54, 1.807) is 13.8 Å². The summed E-state index contributed by atoms with van der Waals surface area (Å²) in [7, 11) is -3.06. The van der Waals surface area contributed by atoms with Crippen molar-refractivity contribution in [1.29, 1.82) is 0 Å².